The zero-order valence-corrected chi connectivity index (χ0v) is 12.8. The highest BCUT2D eigenvalue weighted by Gasteiger charge is 2.29. The first kappa shape index (κ1) is 16.1. The number of likely N-dealkylation sites (N-methyl/N-ethyl adjacent to an activating group) is 1. The highest BCUT2D eigenvalue weighted by Crippen LogP contribution is 2.15. The number of hydrogen-bond acceptors (Lipinski definition) is 4. The number of carbonyl (C=O) groups is 1. The van der Waals surface area contributed by atoms with Gasteiger partial charge in [-0.3, -0.25) is 4.79 Å². The van der Waals surface area contributed by atoms with Crippen LogP contribution in [0.5, 0.6) is 5.75 Å². The topological polar surface area (TPSA) is 61.8 Å². The number of carbonyl (C=O) groups excluding carboxylic acids is 1. The minimum absolute atomic E-state index is 0.0260. The molecule has 116 valence electrons. The number of amides is 1. The average Bonchev–Trinajstić information content (AvgIpc) is 2.91. The van der Waals surface area contributed by atoms with Gasteiger partial charge in [0, 0.05) is 25.2 Å². The van der Waals surface area contributed by atoms with Gasteiger partial charge in [-0.25, -0.2) is 0 Å². The van der Waals surface area contributed by atoms with E-state index in [0.717, 1.165) is 12.2 Å². The van der Waals surface area contributed by atoms with Crippen LogP contribution < -0.4 is 10.1 Å². The van der Waals surface area contributed by atoms with Gasteiger partial charge in [-0.1, -0.05) is 11.6 Å². The monoisotopic (exact) mass is 312 g/mol. The Morgan fingerprint density at radius 3 is 2.81 bits per heavy atom. The first-order valence-corrected chi connectivity index (χ1v) is 7.49. The van der Waals surface area contributed by atoms with Gasteiger partial charge in [-0.05, 0) is 37.1 Å². The lowest BCUT2D eigenvalue weighted by atomic mass is 10.2. The minimum Gasteiger partial charge on any atom is -0.494 e. The molecule has 2 N–H and O–H groups in total. The van der Waals surface area contributed by atoms with E-state index in [2.05, 4.69) is 5.32 Å². The Bertz CT molecular complexity index is 466. The van der Waals surface area contributed by atoms with Gasteiger partial charge in [0.25, 0.3) is 0 Å². The molecule has 1 aromatic carbocycles. The number of ether oxygens (including phenoxy) is 1. The SMILES string of the molecule is CN(CCCOc1ccc(Cl)cc1)C(=O)[C@H]1C[C@@H](O)CN1. The summed E-state index contributed by atoms with van der Waals surface area (Å²) in [6.07, 6.45) is 0.825. The fraction of sp³-hybridized carbons (Fsp3) is 0.533. The Morgan fingerprint density at radius 2 is 2.19 bits per heavy atom. The van der Waals surface area contributed by atoms with Crippen molar-refractivity contribution in [1.82, 2.24) is 10.2 Å². The summed E-state index contributed by atoms with van der Waals surface area (Å²) in [4.78, 5) is 13.8. The van der Waals surface area contributed by atoms with Crippen LogP contribution in [0.25, 0.3) is 0 Å². The molecule has 2 rings (SSSR count). The molecule has 6 heteroatoms. The van der Waals surface area contributed by atoms with E-state index in [1.54, 1.807) is 24.1 Å². The van der Waals surface area contributed by atoms with Crippen LogP contribution in [0.3, 0.4) is 0 Å². The van der Waals surface area contributed by atoms with Crippen LogP contribution in [0.1, 0.15) is 12.8 Å². The largest absolute Gasteiger partial charge is 0.494 e. The third-order valence-electron chi connectivity index (χ3n) is 3.50. The molecule has 0 radical (unpaired) electrons. The zero-order valence-electron chi connectivity index (χ0n) is 12.1. The van der Waals surface area contributed by atoms with E-state index in [1.807, 2.05) is 12.1 Å². The summed E-state index contributed by atoms with van der Waals surface area (Å²) in [5, 5.41) is 13.1. The van der Waals surface area contributed by atoms with Crippen molar-refractivity contribution in [3.8, 4) is 5.75 Å². The first-order chi connectivity index (χ1) is 10.1. The molecule has 1 heterocycles. The molecule has 21 heavy (non-hydrogen) atoms. The Labute approximate surface area is 129 Å². The fourth-order valence-electron chi connectivity index (χ4n) is 2.30. The van der Waals surface area contributed by atoms with Crippen molar-refractivity contribution in [3.05, 3.63) is 29.3 Å². The molecule has 0 unspecified atom stereocenters. The predicted molar refractivity (Wildman–Crippen MR) is 81.6 cm³/mol. The van der Waals surface area contributed by atoms with Crippen LogP contribution in [0.2, 0.25) is 5.02 Å². The summed E-state index contributed by atoms with van der Waals surface area (Å²) in [6.45, 7) is 1.66. The molecule has 2 atom stereocenters. The summed E-state index contributed by atoms with van der Waals surface area (Å²) in [5.74, 6) is 0.798. The lowest BCUT2D eigenvalue weighted by Crippen LogP contribution is -2.42. The second-order valence-electron chi connectivity index (χ2n) is 5.27. The maximum Gasteiger partial charge on any atom is 0.239 e. The third-order valence-corrected chi connectivity index (χ3v) is 3.75. The molecule has 1 aliphatic heterocycles. The van der Waals surface area contributed by atoms with Crippen molar-refractivity contribution in [3.63, 3.8) is 0 Å². The second-order valence-corrected chi connectivity index (χ2v) is 5.70. The van der Waals surface area contributed by atoms with Gasteiger partial charge in [0.2, 0.25) is 5.91 Å². The van der Waals surface area contributed by atoms with Gasteiger partial charge in [0.05, 0.1) is 18.8 Å². The first-order valence-electron chi connectivity index (χ1n) is 7.11. The van der Waals surface area contributed by atoms with Crippen molar-refractivity contribution < 1.29 is 14.6 Å². The molecule has 5 nitrogen and oxygen atoms in total. The van der Waals surface area contributed by atoms with Gasteiger partial charge in [0.1, 0.15) is 5.75 Å². The van der Waals surface area contributed by atoms with Crippen molar-refractivity contribution in [1.29, 1.82) is 0 Å². The summed E-state index contributed by atoms with van der Waals surface area (Å²) in [6, 6.07) is 6.94. The Hall–Kier alpha value is -1.30. The Balaban J connectivity index is 1.66. The van der Waals surface area contributed by atoms with Gasteiger partial charge in [-0.15, -0.1) is 0 Å². The quantitative estimate of drug-likeness (QED) is 0.777. The standard InChI is InChI=1S/C15H21ClN2O3/c1-18(15(20)14-9-12(19)10-17-14)7-2-8-21-13-5-3-11(16)4-6-13/h3-6,12,14,17,19H,2,7-10H2,1H3/t12-,14-/m1/s1. The number of halogens is 1. The van der Waals surface area contributed by atoms with Crippen molar-refractivity contribution in [2.24, 2.45) is 0 Å². The van der Waals surface area contributed by atoms with Gasteiger partial charge < -0.3 is 20.1 Å². The lowest BCUT2D eigenvalue weighted by Gasteiger charge is -2.21. The summed E-state index contributed by atoms with van der Waals surface area (Å²) >= 11 is 5.80. The number of rotatable bonds is 6. The van der Waals surface area contributed by atoms with E-state index in [0.29, 0.717) is 31.1 Å². The molecule has 0 aliphatic carbocycles. The Morgan fingerprint density at radius 1 is 1.48 bits per heavy atom. The van der Waals surface area contributed by atoms with Crippen molar-refractivity contribution in [2.45, 2.75) is 25.0 Å². The lowest BCUT2D eigenvalue weighted by molar-refractivity contribution is -0.132. The van der Waals surface area contributed by atoms with Crippen LogP contribution in [0.15, 0.2) is 24.3 Å². The molecule has 0 aromatic heterocycles. The Kier molecular flexibility index (Phi) is 5.85. The molecular formula is C15H21ClN2O3. The summed E-state index contributed by atoms with van der Waals surface area (Å²) in [5.41, 5.74) is 0. The summed E-state index contributed by atoms with van der Waals surface area (Å²) in [7, 11) is 1.77. The van der Waals surface area contributed by atoms with Crippen LogP contribution in [-0.4, -0.2) is 54.8 Å². The number of nitrogens with one attached hydrogen (secondary N) is 1. The van der Waals surface area contributed by atoms with Crippen molar-refractivity contribution >= 4 is 17.5 Å². The van der Waals surface area contributed by atoms with E-state index in [4.69, 9.17) is 16.3 Å². The van der Waals surface area contributed by atoms with E-state index >= 15 is 0 Å². The molecule has 1 amide bonds. The van der Waals surface area contributed by atoms with E-state index in [-0.39, 0.29) is 11.9 Å². The van der Waals surface area contributed by atoms with Crippen LogP contribution in [-0.2, 0) is 4.79 Å². The predicted octanol–water partition coefficient (Wildman–Crippen LogP) is 1.29. The van der Waals surface area contributed by atoms with E-state index in [1.165, 1.54) is 0 Å². The molecule has 0 spiro atoms. The second kappa shape index (κ2) is 7.64. The van der Waals surface area contributed by atoms with Crippen LogP contribution in [0.4, 0.5) is 0 Å². The number of β-amino-alcohol motifs (C(OH)–C–C–N with tert-alkyl or cyclic N) is 1. The minimum atomic E-state index is -0.416. The number of hydrogen-bond donors (Lipinski definition) is 2. The van der Waals surface area contributed by atoms with Crippen molar-refractivity contribution in [2.75, 3.05) is 26.7 Å². The number of aliphatic hydroxyl groups is 1. The zero-order chi connectivity index (χ0) is 15.2. The third kappa shape index (κ3) is 4.88. The number of aliphatic hydroxyl groups excluding tert-OH is 1. The van der Waals surface area contributed by atoms with Crippen LogP contribution >= 0.6 is 11.6 Å². The van der Waals surface area contributed by atoms with Gasteiger partial charge >= 0.3 is 0 Å². The normalized spacial score (nSPS) is 21.3. The number of benzene rings is 1. The van der Waals surface area contributed by atoms with Gasteiger partial charge in [0.15, 0.2) is 0 Å². The summed E-state index contributed by atoms with van der Waals surface area (Å²) < 4.78 is 5.58. The van der Waals surface area contributed by atoms with Gasteiger partial charge in [-0.2, -0.15) is 0 Å². The van der Waals surface area contributed by atoms with Crippen LogP contribution in [0, 0.1) is 0 Å². The molecule has 0 saturated carbocycles. The maximum atomic E-state index is 12.1. The molecule has 1 aromatic rings. The number of nitrogens with zero attached hydrogens (tertiary/aromatic N) is 1. The molecule has 0 bridgehead atoms. The highest BCUT2D eigenvalue weighted by atomic mass is 35.5. The molecule has 1 aliphatic rings. The smallest absolute Gasteiger partial charge is 0.239 e. The molecule has 1 saturated heterocycles. The van der Waals surface area contributed by atoms with E-state index in [9.17, 15) is 9.90 Å². The molecule has 1 fully saturated rings. The average molecular weight is 313 g/mol. The molecular weight excluding hydrogens is 292 g/mol. The maximum absolute atomic E-state index is 12.1. The fourth-order valence-corrected chi connectivity index (χ4v) is 2.43. The highest BCUT2D eigenvalue weighted by molar-refractivity contribution is 6.30. The van der Waals surface area contributed by atoms with E-state index < -0.39 is 6.10 Å².